The molecule has 0 unspecified atom stereocenters. The molecule has 0 saturated heterocycles. The second-order valence-electron chi connectivity index (χ2n) is 10.1. The highest BCUT2D eigenvalue weighted by molar-refractivity contribution is 14.1. The molecule has 5 nitrogen and oxygen atoms in total. The van der Waals surface area contributed by atoms with Crippen molar-refractivity contribution < 1.29 is 0 Å². The van der Waals surface area contributed by atoms with Crippen LogP contribution in [-0.4, -0.2) is 24.9 Å². The van der Waals surface area contributed by atoms with Crippen molar-refractivity contribution in [3.8, 4) is 67.3 Å². The van der Waals surface area contributed by atoms with Gasteiger partial charge in [0.15, 0.2) is 5.82 Å². The first-order valence-corrected chi connectivity index (χ1v) is 14.9. The van der Waals surface area contributed by atoms with E-state index in [0.717, 1.165) is 65.0 Å². The predicted octanol–water partition coefficient (Wildman–Crippen LogP) is 9.27. The van der Waals surface area contributed by atoms with Gasteiger partial charge in [0.2, 0.25) is 0 Å². The molecule has 7 rings (SSSR count). The number of hydrogen-bond donors (Lipinski definition) is 0. The summed E-state index contributed by atoms with van der Waals surface area (Å²) in [6, 6.07) is 37.5. The Bertz CT molecular complexity index is 1900. The molecule has 0 N–H and O–H groups in total. The molecule has 0 fully saturated rings. The Morgan fingerprint density at radius 1 is 0.372 bits per heavy atom. The van der Waals surface area contributed by atoms with E-state index >= 15 is 0 Å². The SMILES string of the molecule is Ic1cc(-c2ccncc2)cc(-c2cc(-c3ccc(-c4ccncc4)cc3)nc(-c3ccc(-c4cccnc4)cc3)n2)c1. The van der Waals surface area contributed by atoms with Crippen LogP contribution in [0.3, 0.4) is 0 Å². The van der Waals surface area contributed by atoms with E-state index in [1.165, 1.54) is 0 Å². The third-order valence-corrected chi connectivity index (χ3v) is 7.89. The summed E-state index contributed by atoms with van der Waals surface area (Å²) >= 11 is 2.37. The summed E-state index contributed by atoms with van der Waals surface area (Å²) < 4.78 is 1.13. The van der Waals surface area contributed by atoms with Gasteiger partial charge in [-0.15, -0.1) is 0 Å². The van der Waals surface area contributed by atoms with Gasteiger partial charge in [-0.05, 0) is 111 Å². The number of pyridine rings is 3. The summed E-state index contributed by atoms with van der Waals surface area (Å²) in [5, 5.41) is 0. The first-order chi connectivity index (χ1) is 21.2. The van der Waals surface area contributed by atoms with Crippen molar-refractivity contribution in [1.29, 1.82) is 0 Å². The molecule has 204 valence electrons. The fraction of sp³-hybridized carbons (Fsp3) is 0. The average molecular weight is 666 g/mol. The van der Waals surface area contributed by atoms with Crippen LogP contribution in [0.1, 0.15) is 0 Å². The Labute approximate surface area is 263 Å². The van der Waals surface area contributed by atoms with E-state index in [9.17, 15) is 0 Å². The summed E-state index contributed by atoms with van der Waals surface area (Å²) in [6.45, 7) is 0. The summed E-state index contributed by atoms with van der Waals surface area (Å²) in [6.07, 6.45) is 10.9. The summed E-state index contributed by atoms with van der Waals surface area (Å²) in [5.74, 6) is 0.674. The van der Waals surface area contributed by atoms with Gasteiger partial charge >= 0.3 is 0 Å². The van der Waals surface area contributed by atoms with Gasteiger partial charge in [0.25, 0.3) is 0 Å². The lowest BCUT2D eigenvalue weighted by atomic mass is 10.00. The van der Waals surface area contributed by atoms with Crippen LogP contribution in [0, 0.1) is 3.57 Å². The van der Waals surface area contributed by atoms with Crippen LogP contribution in [0.2, 0.25) is 0 Å². The molecule has 0 aliphatic carbocycles. The first-order valence-electron chi connectivity index (χ1n) is 13.8. The molecule has 7 aromatic rings. The fourth-order valence-corrected chi connectivity index (χ4v) is 5.71. The number of halogens is 1. The smallest absolute Gasteiger partial charge is 0.160 e. The van der Waals surface area contributed by atoms with E-state index in [1.54, 1.807) is 6.20 Å². The van der Waals surface area contributed by atoms with Gasteiger partial charge in [-0.3, -0.25) is 15.0 Å². The minimum absolute atomic E-state index is 0.674. The largest absolute Gasteiger partial charge is 0.265 e. The molecule has 0 saturated carbocycles. The molecule has 3 aromatic carbocycles. The van der Waals surface area contributed by atoms with Crippen molar-refractivity contribution >= 4 is 22.6 Å². The Morgan fingerprint density at radius 2 is 0.884 bits per heavy atom. The van der Waals surface area contributed by atoms with Crippen LogP contribution in [0.4, 0.5) is 0 Å². The number of aromatic nitrogens is 5. The standard InChI is InChI=1S/C37H24IN5/c38-34-21-32(28-13-18-40-19-14-28)20-33(22-34)36-23-35(29-7-3-25(4-8-29)27-11-16-39-17-12-27)42-37(43-36)30-9-5-26(6-10-30)31-2-1-15-41-24-31/h1-24H. The maximum atomic E-state index is 5.10. The van der Waals surface area contributed by atoms with Crippen LogP contribution in [0.15, 0.2) is 146 Å². The topological polar surface area (TPSA) is 64.5 Å². The van der Waals surface area contributed by atoms with Crippen LogP contribution in [-0.2, 0) is 0 Å². The summed E-state index contributed by atoms with van der Waals surface area (Å²) in [5.41, 5.74) is 11.4. The lowest BCUT2D eigenvalue weighted by molar-refractivity contribution is 1.18. The van der Waals surface area contributed by atoms with E-state index < -0.39 is 0 Å². The molecule has 4 heterocycles. The predicted molar refractivity (Wildman–Crippen MR) is 181 cm³/mol. The molecular weight excluding hydrogens is 641 g/mol. The zero-order valence-electron chi connectivity index (χ0n) is 23.0. The van der Waals surface area contributed by atoms with Crippen LogP contribution < -0.4 is 0 Å². The Hall–Kier alpha value is -5.08. The molecule has 0 radical (unpaired) electrons. The maximum Gasteiger partial charge on any atom is 0.160 e. The molecule has 0 atom stereocenters. The van der Waals surface area contributed by atoms with Gasteiger partial charge in [-0.1, -0.05) is 54.6 Å². The molecule has 0 aliphatic heterocycles. The van der Waals surface area contributed by atoms with Gasteiger partial charge in [0.1, 0.15) is 0 Å². The Kier molecular flexibility index (Phi) is 7.50. The van der Waals surface area contributed by atoms with E-state index in [-0.39, 0.29) is 0 Å². The highest BCUT2D eigenvalue weighted by Gasteiger charge is 2.13. The third kappa shape index (κ3) is 5.96. The highest BCUT2D eigenvalue weighted by atomic mass is 127. The Morgan fingerprint density at radius 3 is 1.51 bits per heavy atom. The summed E-state index contributed by atoms with van der Waals surface area (Å²) in [7, 11) is 0. The normalized spacial score (nSPS) is 10.9. The molecule has 43 heavy (non-hydrogen) atoms. The number of benzene rings is 3. The number of rotatable bonds is 6. The molecule has 0 amide bonds. The monoisotopic (exact) mass is 665 g/mol. The third-order valence-electron chi connectivity index (χ3n) is 7.27. The van der Waals surface area contributed by atoms with Gasteiger partial charge in [0, 0.05) is 57.4 Å². The number of nitrogens with zero attached hydrogens (tertiary/aromatic N) is 5. The van der Waals surface area contributed by atoms with Crippen LogP contribution >= 0.6 is 22.6 Å². The van der Waals surface area contributed by atoms with Crippen molar-refractivity contribution in [3.63, 3.8) is 0 Å². The lowest BCUT2D eigenvalue weighted by Gasteiger charge is -2.12. The molecule has 0 aliphatic rings. The zero-order chi connectivity index (χ0) is 29.0. The van der Waals surface area contributed by atoms with Crippen LogP contribution in [0.5, 0.6) is 0 Å². The highest BCUT2D eigenvalue weighted by Crippen LogP contribution is 2.33. The van der Waals surface area contributed by atoms with Crippen molar-refractivity contribution in [2.45, 2.75) is 0 Å². The van der Waals surface area contributed by atoms with Crippen molar-refractivity contribution in [3.05, 3.63) is 150 Å². The Balaban J connectivity index is 1.34. The quantitative estimate of drug-likeness (QED) is 0.166. The molecule has 6 heteroatoms. The van der Waals surface area contributed by atoms with Crippen molar-refractivity contribution in [2.75, 3.05) is 0 Å². The second-order valence-corrected chi connectivity index (χ2v) is 11.3. The van der Waals surface area contributed by atoms with Gasteiger partial charge < -0.3 is 0 Å². The zero-order valence-corrected chi connectivity index (χ0v) is 25.1. The molecule has 0 bridgehead atoms. The number of hydrogen-bond acceptors (Lipinski definition) is 5. The van der Waals surface area contributed by atoms with Crippen molar-refractivity contribution in [1.82, 2.24) is 24.9 Å². The van der Waals surface area contributed by atoms with E-state index in [0.29, 0.717) is 5.82 Å². The van der Waals surface area contributed by atoms with Gasteiger partial charge in [-0.25, -0.2) is 9.97 Å². The van der Waals surface area contributed by atoms with E-state index in [4.69, 9.17) is 9.97 Å². The lowest BCUT2D eigenvalue weighted by Crippen LogP contribution is -1.97. The van der Waals surface area contributed by atoms with Crippen molar-refractivity contribution in [2.24, 2.45) is 0 Å². The second kappa shape index (κ2) is 12.0. The van der Waals surface area contributed by atoms with Gasteiger partial charge in [-0.2, -0.15) is 0 Å². The molecular formula is C37H24IN5. The van der Waals surface area contributed by atoms with E-state index in [2.05, 4.69) is 116 Å². The van der Waals surface area contributed by atoms with E-state index in [1.807, 2.05) is 61.3 Å². The first kappa shape index (κ1) is 26.8. The molecule has 0 spiro atoms. The maximum absolute atomic E-state index is 5.10. The molecule has 4 aromatic heterocycles. The fourth-order valence-electron chi connectivity index (χ4n) is 5.04. The van der Waals surface area contributed by atoms with Crippen LogP contribution in [0.25, 0.3) is 67.3 Å². The summed E-state index contributed by atoms with van der Waals surface area (Å²) in [4.78, 5) is 22.8. The minimum Gasteiger partial charge on any atom is -0.265 e. The minimum atomic E-state index is 0.674. The average Bonchev–Trinajstić information content (AvgIpc) is 3.09. The van der Waals surface area contributed by atoms with Gasteiger partial charge in [0.05, 0.1) is 11.4 Å².